The zero-order valence-corrected chi connectivity index (χ0v) is 10.3. The molecule has 1 atom stereocenters. The van der Waals surface area contributed by atoms with Crippen molar-refractivity contribution in [1.82, 2.24) is 10.3 Å². The summed E-state index contributed by atoms with van der Waals surface area (Å²) in [7, 11) is 0. The molecule has 2 fully saturated rings. The van der Waals surface area contributed by atoms with Gasteiger partial charge in [0, 0.05) is 4.88 Å². The van der Waals surface area contributed by atoms with Gasteiger partial charge in [0.25, 0.3) is 0 Å². The molecule has 76 valence electrons. The van der Waals surface area contributed by atoms with E-state index in [1.165, 1.54) is 35.6 Å². The standard InChI is InChI=1S/C10H13BrN2S/c11-9-8(6-3-4-6)14-10(13-9)7-2-1-5-12-7/h6-7,12H,1-5H2. The molecule has 4 heteroatoms. The van der Waals surface area contributed by atoms with Crippen LogP contribution in [0.25, 0.3) is 0 Å². The van der Waals surface area contributed by atoms with Gasteiger partial charge in [-0.2, -0.15) is 0 Å². The van der Waals surface area contributed by atoms with Crippen LogP contribution in [0.15, 0.2) is 4.60 Å². The quantitative estimate of drug-likeness (QED) is 0.895. The predicted octanol–water partition coefficient (Wildman–Crippen LogP) is 3.21. The van der Waals surface area contributed by atoms with E-state index in [2.05, 4.69) is 26.2 Å². The fourth-order valence-corrected chi connectivity index (χ4v) is 4.08. The van der Waals surface area contributed by atoms with Gasteiger partial charge in [0.1, 0.15) is 9.61 Å². The van der Waals surface area contributed by atoms with Gasteiger partial charge in [0.05, 0.1) is 6.04 Å². The molecule has 1 unspecified atom stereocenters. The molecule has 1 saturated heterocycles. The first kappa shape index (κ1) is 9.31. The lowest BCUT2D eigenvalue weighted by Crippen LogP contribution is -2.12. The average Bonchev–Trinajstić information content (AvgIpc) is 2.75. The second-order valence-corrected chi connectivity index (χ2v) is 5.94. The third-order valence-electron chi connectivity index (χ3n) is 2.93. The molecule has 0 radical (unpaired) electrons. The monoisotopic (exact) mass is 272 g/mol. The van der Waals surface area contributed by atoms with Crippen molar-refractivity contribution in [3.8, 4) is 0 Å². The van der Waals surface area contributed by atoms with Crippen LogP contribution in [0.4, 0.5) is 0 Å². The van der Waals surface area contributed by atoms with Crippen molar-refractivity contribution in [3.05, 3.63) is 14.5 Å². The number of nitrogens with one attached hydrogen (secondary N) is 1. The Kier molecular flexibility index (Phi) is 2.38. The van der Waals surface area contributed by atoms with E-state index in [9.17, 15) is 0 Å². The summed E-state index contributed by atoms with van der Waals surface area (Å²) in [4.78, 5) is 6.11. The highest BCUT2D eigenvalue weighted by molar-refractivity contribution is 9.10. The van der Waals surface area contributed by atoms with E-state index in [1.54, 1.807) is 0 Å². The lowest BCUT2D eigenvalue weighted by atomic mass is 10.2. The minimum atomic E-state index is 0.531. The maximum atomic E-state index is 4.63. The van der Waals surface area contributed by atoms with E-state index in [4.69, 9.17) is 0 Å². The van der Waals surface area contributed by atoms with Crippen molar-refractivity contribution < 1.29 is 0 Å². The van der Waals surface area contributed by atoms with Crippen LogP contribution in [0.1, 0.15) is 47.5 Å². The number of hydrogen-bond donors (Lipinski definition) is 1. The summed E-state index contributed by atoms with van der Waals surface area (Å²) in [6.45, 7) is 1.15. The molecule has 14 heavy (non-hydrogen) atoms. The van der Waals surface area contributed by atoms with Crippen LogP contribution in [0, 0.1) is 0 Å². The molecule has 1 aliphatic heterocycles. The fraction of sp³-hybridized carbons (Fsp3) is 0.700. The summed E-state index contributed by atoms with van der Waals surface area (Å²) in [6.07, 6.45) is 5.27. The van der Waals surface area contributed by atoms with E-state index in [0.29, 0.717) is 6.04 Å². The molecule has 1 N–H and O–H groups in total. The van der Waals surface area contributed by atoms with Crippen molar-refractivity contribution in [3.63, 3.8) is 0 Å². The Morgan fingerprint density at radius 1 is 1.36 bits per heavy atom. The van der Waals surface area contributed by atoms with Crippen molar-refractivity contribution in [2.24, 2.45) is 0 Å². The maximum Gasteiger partial charge on any atom is 0.120 e. The van der Waals surface area contributed by atoms with Crippen LogP contribution in [0.5, 0.6) is 0 Å². The smallest absolute Gasteiger partial charge is 0.120 e. The van der Waals surface area contributed by atoms with Gasteiger partial charge >= 0.3 is 0 Å². The van der Waals surface area contributed by atoms with Crippen LogP contribution in [0.2, 0.25) is 0 Å². The summed E-state index contributed by atoms with van der Waals surface area (Å²) >= 11 is 5.48. The normalized spacial score (nSPS) is 27.1. The van der Waals surface area contributed by atoms with Crippen LogP contribution in [0.3, 0.4) is 0 Å². The molecule has 0 amide bonds. The molecule has 3 rings (SSSR count). The van der Waals surface area contributed by atoms with Gasteiger partial charge in [-0.15, -0.1) is 11.3 Å². The molecule has 1 saturated carbocycles. The summed E-state index contributed by atoms with van der Waals surface area (Å²) in [6, 6.07) is 0.531. The molecule has 0 bridgehead atoms. The summed E-state index contributed by atoms with van der Waals surface area (Å²) < 4.78 is 1.11. The Balaban J connectivity index is 1.87. The van der Waals surface area contributed by atoms with Gasteiger partial charge < -0.3 is 5.32 Å². The van der Waals surface area contributed by atoms with Crippen molar-refractivity contribution in [2.45, 2.75) is 37.6 Å². The Hall–Kier alpha value is 0.0700. The van der Waals surface area contributed by atoms with E-state index in [0.717, 1.165) is 17.1 Å². The topological polar surface area (TPSA) is 24.9 Å². The largest absolute Gasteiger partial charge is 0.308 e. The first-order valence-corrected chi connectivity index (χ1v) is 6.85. The molecule has 2 heterocycles. The third kappa shape index (κ3) is 1.64. The van der Waals surface area contributed by atoms with Gasteiger partial charge in [-0.3, -0.25) is 0 Å². The zero-order chi connectivity index (χ0) is 9.54. The van der Waals surface area contributed by atoms with Crippen LogP contribution >= 0.6 is 27.3 Å². The van der Waals surface area contributed by atoms with Gasteiger partial charge in [0.2, 0.25) is 0 Å². The van der Waals surface area contributed by atoms with Crippen molar-refractivity contribution >= 4 is 27.3 Å². The molecule has 0 spiro atoms. The van der Waals surface area contributed by atoms with E-state index < -0.39 is 0 Å². The number of halogens is 1. The second-order valence-electron chi connectivity index (χ2n) is 4.13. The Labute approximate surface area is 96.3 Å². The summed E-state index contributed by atoms with van der Waals surface area (Å²) in [5, 5.41) is 4.79. The SMILES string of the molecule is Brc1nc(C2CCCN2)sc1C1CC1. The Bertz CT molecular complexity index is 340. The van der Waals surface area contributed by atoms with Crippen molar-refractivity contribution in [2.75, 3.05) is 6.54 Å². The molecule has 0 aromatic carbocycles. The predicted molar refractivity (Wildman–Crippen MR) is 61.8 cm³/mol. The minimum Gasteiger partial charge on any atom is -0.308 e. The lowest BCUT2D eigenvalue weighted by Gasteiger charge is -2.03. The van der Waals surface area contributed by atoms with Gasteiger partial charge in [-0.05, 0) is 54.1 Å². The molecule has 1 aliphatic carbocycles. The van der Waals surface area contributed by atoms with Crippen LogP contribution < -0.4 is 5.32 Å². The maximum absolute atomic E-state index is 4.63. The highest BCUT2D eigenvalue weighted by Crippen LogP contribution is 2.47. The number of aromatic nitrogens is 1. The first-order valence-electron chi connectivity index (χ1n) is 5.24. The highest BCUT2D eigenvalue weighted by atomic mass is 79.9. The van der Waals surface area contributed by atoms with E-state index >= 15 is 0 Å². The summed E-state index contributed by atoms with van der Waals surface area (Å²) in [5.74, 6) is 0.817. The molecule has 2 nitrogen and oxygen atoms in total. The van der Waals surface area contributed by atoms with Crippen molar-refractivity contribution in [1.29, 1.82) is 0 Å². The highest BCUT2D eigenvalue weighted by Gasteiger charge is 2.30. The van der Waals surface area contributed by atoms with Crippen LogP contribution in [-0.2, 0) is 0 Å². The number of hydrogen-bond acceptors (Lipinski definition) is 3. The number of thiazole rings is 1. The molecule has 2 aliphatic rings. The van der Waals surface area contributed by atoms with Gasteiger partial charge in [-0.1, -0.05) is 0 Å². The van der Waals surface area contributed by atoms with E-state index in [-0.39, 0.29) is 0 Å². The van der Waals surface area contributed by atoms with Gasteiger partial charge in [-0.25, -0.2) is 4.98 Å². The third-order valence-corrected chi connectivity index (χ3v) is 5.13. The lowest BCUT2D eigenvalue weighted by molar-refractivity contribution is 0.642. The number of nitrogens with zero attached hydrogens (tertiary/aromatic N) is 1. The molecule has 1 aromatic heterocycles. The first-order chi connectivity index (χ1) is 6.84. The van der Waals surface area contributed by atoms with E-state index in [1.807, 2.05) is 11.3 Å². The zero-order valence-electron chi connectivity index (χ0n) is 7.92. The summed E-state index contributed by atoms with van der Waals surface area (Å²) in [5.41, 5.74) is 0. The molecule has 1 aromatic rings. The fourth-order valence-electron chi connectivity index (χ4n) is 1.97. The Morgan fingerprint density at radius 3 is 2.86 bits per heavy atom. The average molecular weight is 273 g/mol. The minimum absolute atomic E-state index is 0.531. The van der Waals surface area contributed by atoms with Crippen LogP contribution in [-0.4, -0.2) is 11.5 Å². The second kappa shape index (κ2) is 3.58. The molecular formula is C10H13BrN2S. The number of rotatable bonds is 2. The molecular weight excluding hydrogens is 260 g/mol. The van der Waals surface area contributed by atoms with Gasteiger partial charge in [0.15, 0.2) is 0 Å². The Morgan fingerprint density at radius 2 is 2.21 bits per heavy atom.